The second-order valence-corrected chi connectivity index (χ2v) is 3.39. The predicted octanol–water partition coefficient (Wildman–Crippen LogP) is 0.935. The maximum absolute atomic E-state index is 10.6. The predicted molar refractivity (Wildman–Crippen MR) is 49.2 cm³/mol. The number of H-pyrrole nitrogens is 1. The van der Waals surface area contributed by atoms with E-state index in [9.17, 15) is 4.79 Å². The van der Waals surface area contributed by atoms with E-state index in [0.717, 1.165) is 10.6 Å². The summed E-state index contributed by atoms with van der Waals surface area (Å²) in [7, 11) is 0. The van der Waals surface area contributed by atoms with Crippen molar-refractivity contribution in [3.63, 3.8) is 0 Å². The number of rotatable bonds is 2. The van der Waals surface area contributed by atoms with Crippen LogP contribution in [0, 0.1) is 6.92 Å². The summed E-state index contributed by atoms with van der Waals surface area (Å²) in [4.78, 5) is 17.9. The average molecular weight is 210 g/mol. The first-order valence-corrected chi connectivity index (χ1v) is 4.53. The number of nitrogens with zero attached hydrogens (tertiary/aromatic N) is 3. The Morgan fingerprint density at radius 3 is 2.93 bits per heavy atom. The van der Waals surface area contributed by atoms with Crippen molar-refractivity contribution in [2.45, 2.75) is 6.92 Å². The van der Waals surface area contributed by atoms with E-state index in [-0.39, 0.29) is 5.69 Å². The third-order valence-corrected chi connectivity index (χ3v) is 2.51. The lowest BCUT2D eigenvalue weighted by Gasteiger charge is -1.89. The quantitative estimate of drug-likeness (QED) is 0.769. The monoisotopic (exact) mass is 210 g/mol. The first kappa shape index (κ1) is 8.82. The number of carboxylic acid groups (broad SMARTS) is 1. The van der Waals surface area contributed by atoms with Gasteiger partial charge in [0, 0.05) is 0 Å². The van der Waals surface area contributed by atoms with Crippen molar-refractivity contribution in [3.8, 4) is 10.7 Å². The van der Waals surface area contributed by atoms with Gasteiger partial charge in [0.25, 0.3) is 0 Å². The van der Waals surface area contributed by atoms with Crippen molar-refractivity contribution in [1.29, 1.82) is 0 Å². The van der Waals surface area contributed by atoms with Crippen LogP contribution in [-0.4, -0.2) is 30.6 Å². The molecule has 2 aromatic heterocycles. The van der Waals surface area contributed by atoms with Gasteiger partial charge < -0.3 is 10.1 Å². The molecular weight excluding hydrogens is 204 g/mol. The van der Waals surface area contributed by atoms with Crippen LogP contribution < -0.4 is 0 Å². The molecule has 0 bridgehead atoms. The van der Waals surface area contributed by atoms with Gasteiger partial charge in [-0.05, 0) is 18.5 Å². The summed E-state index contributed by atoms with van der Waals surface area (Å²) in [6.07, 6.45) is 1.27. The van der Waals surface area contributed by atoms with Gasteiger partial charge in [0.2, 0.25) is 0 Å². The molecule has 0 fully saturated rings. The zero-order chi connectivity index (χ0) is 10.1. The second-order valence-electron chi connectivity index (χ2n) is 2.64. The topological polar surface area (TPSA) is 91.8 Å². The van der Waals surface area contributed by atoms with Crippen molar-refractivity contribution in [1.82, 2.24) is 19.6 Å². The van der Waals surface area contributed by atoms with Gasteiger partial charge in [-0.1, -0.05) is 4.49 Å². The largest absolute Gasteiger partial charge is 0.477 e. The van der Waals surface area contributed by atoms with Gasteiger partial charge in [-0.3, -0.25) is 0 Å². The van der Waals surface area contributed by atoms with Crippen LogP contribution in [0.25, 0.3) is 10.7 Å². The summed E-state index contributed by atoms with van der Waals surface area (Å²) >= 11 is 1.18. The first-order chi connectivity index (χ1) is 6.68. The lowest BCUT2D eigenvalue weighted by molar-refractivity contribution is 0.0691. The first-order valence-electron chi connectivity index (χ1n) is 3.76. The Morgan fingerprint density at radius 2 is 2.43 bits per heavy atom. The number of carboxylic acids is 1. The van der Waals surface area contributed by atoms with E-state index < -0.39 is 5.97 Å². The molecule has 2 heterocycles. The third-order valence-electron chi connectivity index (χ3n) is 1.67. The number of imidazole rings is 1. The summed E-state index contributed by atoms with van der Waals surface area (Å²) in [5.41, 5.74) is 0.800. The minimum atomic E-state index is -1.03. The Balaban J connectivity index is 2.43. The van der Waals surface area contributed by atoms with Gasteiger partial charge in [-0.2, -0.15) is 0 Å². The number of hydrogen-bond acceptors (Lipinski definition) is 5. The van der Waals surface area contributed by atoms with Crippen LogP contribution in [0.3, 0.4) is 0 Å². The SMILES string of the molecule is Cc1nnsc1-c1ncc(C(=O)O)[nH]1. The van der Waals surface area contributed by atoms with Crippen LogP contribution in [0.15, 0.2) is 6.20 Å². The Kier molecular flexibility index (Phi) is 2.01. The van der Waals surface area contributed by atoms with E-state index in [2.05, 4.69) is 19.6 Å². The molecule has 0 atom stereocenters. The van der Waals surface area contributed by atoms with Crippen LogP contribution in [0.2, 0.25) is 0 Å². The third kappa shape index (κ3) is 1.37. The van der Waals surface area contributed by atoms with Crippen LogP contribution >= 0.6 is 11.5 Å². The smallest absolute Gasteiger partial charge is 0.353 e. The van der Waals surface area contributed by atoms with E-state index in [1.165, 1.54) is 17.7 Å². The van der Waals surface area contributed by atoms with E-state index in [1.807, 2.05) is 0 Å². The zero-order valence-electron chi connectivity index (χ0n) is 7.18. The molecule has 0 saturated carbocycles. The van der Waals surface area contributed by atoms with E-state index in [1.54, 1.807) is 6.92 Å². The minimum absolute atomic E-state index is 0.0628. The summed E-state index contributed by atoms with van der Waals surface area (Å²) < 4.78 is 3.74. The van der Waals surface area contributed by atoms with Crippen LogP contribution in [0.5, 0.6) is 0 Å². The summed E-state index contributed by atoms with van der Waals surface area (Å²) in [5, 5.41) is 12.5. The van der Waals surface area contributed by atoms with E-state index in [4.69, 9.17) is 5.11 Å². The highest BCUT2D eigenvalue weighted by molar-refractivity contribution is 7.09. The molecule has 2 aromatic rings. The van der Waals surface area contributed by atoms with Crippen LogP contribution in [0.4, 0.5) is 0 Å². The summed E-state index contributed by atoms with van der Waals surface area (Å²) in [5.74, 6) is -0.534. The van der Waals surface area contributed by atoms with Crippen molar-refractivity contribution >= 4 is 17.5 Å². The van der Waals surface area contributed by atoms with Crippen LogP contribution in [-0.2, 0) is 0 Å². The fourth-order valence-corrected chi connectivity index (χ4v) is 1.60. The molecule has 0 saturated heterocycles. The lowest BCUT2D eigenvalue weighted by Crippen LogP contribution is -1.95. The highest BCUT2D eigenvalue weighted by Crippen LogP contribution is 2.21. The van der Waals surface area contributed by atoms with Gasteiger partial charge in [-0.25, -0.2) is 9.78 Å². The number of aryl methyl sites for hydroxylation is 1. The molecule has 0 unspecified atom stereocenters. The number of hydrogen-bond donors (Lipinski definition) is 2. The van der Waals surface area contributed by atoms with Gasteiger partial charge >= 0.3 is 5.97 Å². The molecule has 0 spiro atoms. The number of carbonyl (C=O) groups is 1. The molecule has 14 heavy (non-hydrogen) atoms. The molecule has 6 nitrogen and oxygen atoms in total. The number of aromatic amines is 1. The highest BCUT2D eigenvalue weighted by Gasteiger charge is 2.12. The van der Waals surface area contributed by atoms with Gasteiger partial charge in [0.1, 0.15) is 10.6 Å². The molecule has 7 heteroatoms. The fourth-order valence-electron chi connectivity index (χ4n) is 0.994. The maximum Gasteiger partial charge on any atom is 0.353 e. The lowest BCUT2D eigenvalue weighted by atomic mass is 10.4. The number of nitrogens with one attached hydrogen (secondary N) is 1. The van der Waals surface area contributed by atoms with Gasteiger partial charge in [-0.15, -0.1) is 5.10 Å². The van der Waals surface area contributed by atoms with Crippen molar-refractivity contribution in [3.05, 3.63) is 17.6 Å². The minimum Gasteiger partial charge on any atom is -0.477 e. The fraction of sp³-hybridized carbons (Fsp3) is 0.143. The number of aromatic carboxylic acids is 1. The summed E-state index contributed by atoms with van der Waals surface area (Å²) in [6, 6.07) is 0. The normalized spacial score (nSPS) is 10.4. The highest BCUT2D eigenvalue weighted by atomic mass is 32.1. The van der Waals surface area contributed by atoms with Crippen molar-refractivity contribution < 1.29 is 9.90 Å². The Morgan fingerprint density at radius 1 is 1.64 bits per heavy atom. The number of aromatic nitrogens is 4. The zero-order valence-corrected chi connectivity index (χ0v) is 8.00. The molecule has 72 valence electrons. The maximum atomic E-state index is 10.6. The summed E-state index contributed by atoms with van der Waals surface area (Å²) in [6.45, 7) is 1.79. The average Bonchev–Trinajstić information content (AvgIpc) is 2.71. The Bertz CT molecular complexity index is 475. The Hall–Kier alpha value is -1.76. The van der Waals surface area contributed by atoms with Crippen molar-refractivity contribution in [2.24, 2.45) is 0 Å². The van der Waals surface area contributed by atoms with E-state index in [0.29, 0.717) is 5.82 Å². The Labute approximate surface area is 82.8 Å². The molecule has 0 aliphatic rings. The van der Waals surface area contributed by atoms with Gasteiger partial charge in [0.15, 0.2) is 5.82 Å². The molecule has 0 amide bonds. The van der Waals surface area contributed by atoms with E-state index >= 15 is 0 Å². The van der Waals surface area contributed by atoms with Crippen LogP contribution in [0.1, 0.15) is 16.2 Å². The van der Waals surface area contributed by atoms with Crippen molar-refractivity contribution in [2.75, 3.05) is 0 Å². The molecule has 0 aromatic carbocycles. The molecular formula is C7H6N4O2S. The molecule has 0 radical (unpaired) electrons. The molecule has 2 N–H and O–H groups in total. The molecule has 0 aliphatic heterocycles. The molecule has 0 aliphatic carbocycles. The second kappa shape index (κ2) is 3.18. The molecule has 2 rings (SSSR count). The standard InChI is InChI=1S/C7H6N4O2S/c1-3-5(14-11-10-3)6-8-2-4(9-6)7(12)13/h2H,1H3,(H,8,9)(H,12,13). The van der Waals surface area contributed by atoms with Gasteiger partial charge in [0.05, 0.1) is 11.9 Å².